The molecule has 0 saturated carbocycles. The van der Waals surface area contributed by atoms with Gasteiger partial charge in [0.05, 0.1) is 0 Å². The van der Waals surface area contributed by atoms with Crippen molar-refractivity contribution in [2.24, 2.45) is 4.99 Å². The van der Waals surface area contributed by atoms with Crippen LogP contribution in [0.2, 0.25) is 0 Å². The van der Waals surface area contributed by atoms with Gasteiger partial charge in [0.15, 0.2) is 5.96 Å². The molecule has 2 fully saturated rings. The third-order valence-corrected chi connectivity index (χ3v) is 5.44. The second-order valence-corrected chi connectivity index (χ2v) is 7.10. The molecule has 0 radical (unpaired) electrons. The van der Waals surface area contributed by atoms with Crippen LogP contribution in [0.4, 0.5) is 0 Å². The first-order chi connectivity index (χ1) is 11.7. The van der Waals surface area contributed by atoms with E-state index in [1.165, 1.54) is 65.1 Å². The lowest BCUT2D eigenvalue weighted by Gasteiger charge is -2.37. The number of hydrogen-bond donors (Lipinski definition) is 2. The lowest BCUT2D eigenvalue weighted by molar-refractivity contribution is 0.107. The number of aliphatic imine (C=N–C) groups is 1. The van der Waals surface area contributed by atoms with Gasteiger partial charge in [-0.15, -0.1) is 24.0 Å². The molecule has 2 rings (SSSR count). The van der Waals surface area contributed by atoms with Crippen molar-refractivity contribution in [3.63, 3.8) is 0 Å². The topological polar surface area (TPSA) is 46.1 Å². The van der Waals surface area contributed by atoms with Crippen LogP contribution in [0.15, 0.2) is 4.99 Å². The van der Waals surface area contributed by atoms with Gasteiger partial charge >= 0.3 is 0 Å². The van der Waals surface area contributed by atoms with Gasteiger partial charge in [0.1, 0.15) is 0 Å². The lowest BCUT2D eigenvalue weighted by Crippen LogP contribution is -2.53. The van der Waals surface area contributed by atoms with E-state index in [1.54, 1.807) is 0 Å². The number of piperazine rings is 1. The molecule has 2 aliphatic rings. The summed E-state index contributed by atoms with van der Waals surface area (Å²) in [7, 11) is 1.86. The van der Waals surface area contributed by atoms with E-state index in [2.05, 4.69) is 44.2 Å². The number of likely N-dealkylation sites (N-methyl/N-ethyl adjacent to an activating group) is 1. The number of likely N-dealkylation sites (tertiary alicyclic amines) is 1. The number of nitrogens with one attached hydrogen (secondary N) is 2. The van der Waals surface area contributed by atoms with E-state index in [4.69, 9.17) is 0 Å². The summed E-state index contributed by atoms with van der Waals surface area (Å²) in [4.78, 5) is 12.0. The van der Waals surface area contributed by atoms with Crippen molar-refractivity contribution in [3.8, 4) is 0 Å². The normalized spacial score (nSPS) is 22.3. The summed E-state index contributed by atoms with van der Waals surface area (Å²) >= 11 is 0. The molecule has 0 aliphatic carbocycles. The maximum Gasteiger partial charge on any atom is 0.191 e. The van der Waals surface area contributed by atoms with Crippen LogP contribution in [0.1, 0.15) is 33.1 Å². The number of rotatable bonds is 7. The zero-order chi connectivity index (χ0) is 17.2. The minimum atomic E-state index is 0. The van der Waals surface area contributed by atoms with Crippen molar-refractivity contribution in [1.82, 2.24) is 25.3 Å². The Morgan fingerprint density at radius 2 is 1.64 bits per heavy atom. The van der Waals surface area contributed by atoms with Crippen LogP contribution in [0.25, 0.3) is 0 Å². The number of nitrogens with zero attached hydrogens (tertiary/aromatic N) is 4. The number of halogens is 1. The van der Waals surface area contributed by atoms with Gasteiger partial charge in [-0.25, -0.2) is 0 Å². The number of piperidine rings is 1. The fourth-order valence-electron chi connectivity index (χ4n) is 3.63. The molecule has 0 spiro atoms. The predicted molar refractivity (Wildman–Crippen MR) is 118 cm³/mol. The smallest absolute Gasteiger partial charge is 0.191 e. The molecule has 25 heavy (non-hydrogen) atoms. The Morgan fingerprint density at radius 1 is 0.960 bits per heavy atom. The van der Waals surface area contributed by atoms with Crippen LogP contribution in [0.3, 0.4) is 0 Å². The van der Waals surface area contributed by atoms with Gasteiger partial charge < -0.3 is 20.4 Å². The molecule has 2 saturated heterocycles. The first kappa shape index (κ1) is 22.9. The van der Waals surface area contributed by atoms with Crippen molar-refractivity contribution in [3.05, 3.63) is 0 Å². The molecule has 0 amide bonds. The lowest BCUT2D eigenvalue weighted by atomic mass is 10.1. The standard InChI is InChI=1S/C18H38N6.HI/c1-4-22-12-14-24(15-13-22)17(2)16-21-18(19-3)20-8-11-23-9-6-5-7-10-23;/h17H,4-16H2,1-3H3,(H2,19,20,21);1H. The third-order valence-electron chi connectivity index (χ3n) is 5.44. The summed E-state index contributed by atoms with van der Waals surface area (Å²) in [6, 6.07) is 0.546. The van der Waals surface area contributed by atoms with E-state index in [1.807, 2.05) is 7.05 Å². The highest BCUT2D eigenvalue weighted by atomic mass is 127. The monoisotopic (exact) mass is 466 g/mol. The van der Waals surface area contributed by atoms with Crippen molar-refractivity contribution >= 4 is 29.9 Å². The van der Waals surface area contributed by atoms with E-state index in [0.29, 0.717) is 6.04 Å². The van der Waals surface area contributed by atoms with E-state index in [-0.39, 0.29) is 24.0 Å². The maximum atomic E-state index is 4.36. The highest BCUT2D eigenvalue weighted by Gasteiger charge is 2.20. The quantitative estimate of drug-likeness (QED) is 0.337. The highest BCUT2D eigenvalue weighted by Crippen LogP contribution is 2.07. The summed E-state index contributed by atoms with van der Waals surface area (Å²) in [5.74, 6) is 0.936. The second kappa shape index (κ2) is 13.1. The average molecular weight is 466 g/mol. The molecule has 0 bridgehead atoms. The van der Waals surface area contributed by atoms with Crippen LogP contribution in [0.5, 0.6) is 0 Å². The van der Waals surface area contributed by atoms with Crippen LogP contribution < -0.4 is 10.6 Å². The summed E-state index contributed by atoms with van der Waals surface area (Å²) in [5.41, 5.74) is 0. The first-order valence-electron chi connectivity index (χ1n) is 9.86. The van der Waals surface area contributed by atoms with Gasteiger partial charge in [0.2, 0.25) is 0 Å². The number of hydrogen-bond acceptors (Lipinski definition) is 4. The summed E-state index contributed by atoms with van der Waals surface area (Å²) < 4.78 is 0. The van der Waals surface area contributed by atoms with Crippen LogP contribution in [-0.2, 0) is 0 Å². The van der Waals surface area contributed by atoms with Crippen molar-refractivity contribution in [2.75, 3.05) is 72.5 Å². The fraction of sp³-hybridized carbons (Fsp3) is 0.944. The maximum absolute atomic E-state index is 4.36. The Hall–Kier alpha value is -0.120. The van der Waals surface area contributed by atoms with E-state index < -0.39 is 0 Å². The van der Waals surface area contributed by atoms with Gasteiger partial charge in [0.25, 0.3) is 0 Å². The molecule has 2 heterocycles. The number of guanidine groups is 1. The zero-order valence-electron chi connectivity index (χ0n) is 16.5. The molecular formula is C18H39IN6. The second-order valence-electron chi connectivity index (χ2n) is 7.10. The van der Waals surface area contributed by atoms with Crippen molar-refractivity contribution < 1.29 is 0 Å². The Morgan fingerprint density at radius 3 is 2.24 bits per heavy atom. The molecule has 6 nitrogen and oxygen atoms in total. The Balaban J connectivity index is 0.00000312. The van der Waals surface area contributed by atoms with Gasteiger partial charge in [0, 0.05) is 58.9 Å². The van der Waals surface area contributed by atoms with Crippen molar-refractivity contribution in [2.45, 2.75) is 39.2 Å². The molecule has 2 aliphatic heterocycles. The van der Waals surface area contributed by atoms with Gasteiger partial charge in [-0.1, -0.05) is 13.3 Å². The predicted octanol–water partition coefficient (Wildman–Crippen LogP) is 1.28. The van der Waals surface area contributed by atoms with E-state index in [0.717, 1.165) is 25.6 Å². The highest BCUT2D eigenvalue weighted by molar-refractivity contribution is 14.0. The Kier molecular flexibility index (Phi) is 12.0. The van der Waals surface area contributed by atoms with E-state index >= 15 is 0 Å². The summed E-state index contributed by atoms with van der Waals surface area (Å²) in [5, 5.41) is 6.96. The third kappa shape index (κ3) is 8.41. The van der Waals surface area contributed by atoms with Gasteiger partial charge in [-0.05, 0) is 39.4 Å². The minimum Gasteiger partial charge on any atom is -0.355 e. The van der Waals surface area contributed by atoms with Gasteiger partial charge in [-0.2, -0.15) is 0 Å². The molecule has 148 valence electrons. The minimum absolute atomic E-state index is 0. The van der Waals surface area contributed by atoms with Crippen LogP contribution >= 0.6 is 24.0 Å². The zero-order valence-corrected chi connectivity index (χ0v) is 18.8. The van der Waals surface area contributed by atoms with E-state index in [9.17, 15) is 0 Å². The molecular weight excluding hydrogens is 427 g/mol. The molecule has 2 N–H and O–H groups in total. The molecule has 0 aromatic heterocycles. The SMILES string of the molecule is CCN1CCN(C(C)CNC(=NC)NCCN2CCCCC2)CC1.I. The van der Waals surface area contributed by atoms with Crippen LogP contribution in [-0.4, -0.2) is 99.2 Å². The average Bonchev–Trinajstić information content (AvgIpc) is 2.65. The Bertz CT molecular complexity index is 365. The molecule has 1 atom stereocenters. The molecule has 7 heteroatoms. The molecule has 0 aromatic carbocycles. The first-order valence-corrected chi connectivity index (χ1v) is 9.86. The fourth-order valence-corrected chi connectivity index (χ4v) is 3.63. The van der Waals surface area contributed by atoms with Crippen LogP contribution in [0, 0.1) is 0 Å². The molecule has 0 aromatic rings. The largest absolute Gasteiger partial charge is 0.355 e. The Labute approximate surface area is 171 Å². The van der Waals surface area contributed by atoms with Crippen molar-refractivity contribution in [1.29, 1.82) is 0 Å². The summed E-state index contributed by atoms with van der Waals surface area (Å²) in [6.07, 6.45) is 4.11. The summed E-state index contributed by atoms with van der Waals surface area (Å²) in [6.45, 7) is 16.1. The van der Waals surface area contributed by atoms with Gasteiger partial charge in [-0.3, -0.25) is 9.89 Å². The molecule has 1 unspecified atom stereocenters.